The molecule has 1 atom stereocenters. The van der Waals surface area contributed by atoms with Crippen molar-refractivity contribution in [2.75, 3.05) is 19.6 Å². The molecule has 4 nitrogen and oxygen atoms in total. The number of nitrogens with one attached hydrogen (secondary N) is 1. The smallest absolute Gasteiger partial charge is 0.303 e. The number of aliphatic carboxylic acids is 1. The van der Waals surface area contributed by atoms with Crippen LogP contribution in [0.25, 0.3) is 0 Å². The van der Waals surface area contributed by atoms with Gasteiger partial charge in [-0.3, -0.25) is 9.69 Å². The summed E-state index contributed by atoms with van der Waals surface area (Å²) in [5.41, 5.74) is 0.119. The lowest BCUT2D eigenvalue weighted by atomic mass is 9.96. The SMILES string of the molecule is C=CCN1CC(CCC(=O)O)NCC1(C)C. The highest BCUT2D eigenvalue weighted by Crippen LogP contribution is 2.19. The number of piperazine rings is 1. The van der Waals surface area contributed by atoms with Gasteiger partial charge in [0.1, 0.15) is 0 Å². The maximum Gasteiger partial charge on any atom is 0.303 e. The van der Waals surface area contributed by atoms with Crippen LogP contribution in [0.5, 0.6) is 0 Å². The van der Waals surface area contributed by atoms with Gasteiger partial charge in [-0.25, -0.2) is 0 Å². The molecule has 2 N–H and O–H groups in total. The lowest BCUT2D eigenvalue weighted by Crippen LogP contribution is -2.61. The average Bonchev–Trinajstić information content (AvgIpc) is 2.19. The molecule has 1 fully saturated rings. The van der Waals surface area contributed by atoms with Crippen molar-refractivity contribution in [3.8, 4) is 0 Å². The van der Waals surface area contributed by atoms with Crippen molar-refractivity contribution >= 4 is 5.97 Å². The van der Waals surface area contributed by atoms with Crippen LogP contribution in [0, 0.1) is 0 Å². The third-order valence-electron chi connectivity index (χ3n) is 3.18. The van der Waals surface area contributed by atoms with Crippen molar-refractivity contribution in [2.24, 2.45) is 0 Å². The van der Waals surface area contributed by atoms with E-state index < -0.39 is 5.97 Å². The van der Waals surface area contributed by atoms with Gasteiger partial charge in [-0.1, -0.05) is 6.08 Å². The third kappa shape index (κ3) is 3.61. The number of nitrogens with zero attached hydrogens (tertiary/aromatic N) is 1. The van der Waals surface area contributed by atoms with Crippen molar-refractivity contribution < 1.29 is 9.90 Å². The highest BCUT2D eigenvalue weighted by atomic mass is 16.4. The highest BCUT2D eigenvalue weighted by molar-refractivity contribution is 5.66. The number of carboxylic acid groups (broad SMARTS) is 1. The predicted octanol–water partition coefficient (Wildman–Crippen LogP) is 1.09. The summed E-state index contributed by atoms with van der Waals surface area (Å²) in [7, 11) is 0. The fraction of sp³-hybridized carbons (Fsp3) is 0.750. The summed E-state index contributed by atoms with van der Waals surface area (Å²) in [4.78, 5) is 12.9. The molecule has 0 aliphatic carbocycles. The van der Waals surface area contributed by atoms with Crippen LogP contribution in [-0.4, -0.2) is 47.2 Å². The fourth-order valence-corrected chi connectivity index (χ4v) is 2.05. The number of carboxylic acids is 1. The molecule has 1 aliphatic heterocycles. The molecule has 92 valence electrons. The Hall–Kier alpha value is -0.870. The summed E-state index contributed by atoms with van der Waals surface area (Å²) in [5, 5.41) is 12.1. The van der Waals surface area contributed by atoms with E-state index in [1.165, 1.54) is 0 Å². The maximum absolute atomic E-state index is 10.5. The maximum atomic E-state index is 10.5. The van der Waals surface area contributed by atoms with Gasteiger partial charge >= 0.3 is 5.97 Å². The predicted molar refractivity (Wildman–Crippen MR) is 64.5 cm³/mol. The van der Waals surface area contributed by atoms with E-state index in [-0.39, 0.29) is 18.0 Å². The first kappa shape index (κ1) is 13.2. The van der Waals surface area contributed by atoms with Crippen LogP contribution in [0.15, 0.2) is 12.7 Å². The molecule has 1 aliphatic rings. The van der Waals surface area contributed by atoms with E-state index in [0.717, 1.165) is 19.6 Å². The Morgan fingerprint density at radius 1 is 1.69 bits per heavy atom. The van der Waals surface area contributed by atoms with Gasteiger partial charge in [-0.05, 0) is 20.3 Å². The Morgan fingerprint density at radius 2 is 2.38 bits per heavy atom. The molecule has 0 spiro atoms. The number of hydrogen-bond donors (Lipinski definition) is 2. The van der Waals surface area contributed by atoms with Crippen LogP contribution in [0.3, 0.4) is 0 Å². The first-order chi connectivity index (χ1) is 7.45. The van der Waals surface area contributed by atoms with Crippen molar-refractivity contribution in [2.45, 2.75) is 38.3 Å². The quantitative estimate of drug-likeness (QED) is 0.689. The minimum Gasteiger partial charge on any atom is -0.481 e. The van der Waals surface area contributed by atoms with E-state index in [1.54, 1.807) is 0 Å². The molecule has 0 aromatic heterocycles. The van der Waals surface area contributed by atoms with Crippen molar-refractivity contribution in [1.29, 1.82) is 0 Å². The summed E-state index contributed by atoms with van der Waals surface area (Å²) in [6.45, 7) is 10.8. The number of carbonyl (C=O) groups is 1. The Kier molecular flexibility index (Phi) is 4.50. The minimum atomic E-state index is -0.720. The molecule has 16 heavy (non-hydrogen) atoms. The topological polar surface area (TPSA) is 52.6 Å². The lowest BCUT2D eigenvalue weighted by Gasteiger charge is -2.45. The molecule has 0 saturated carbocycles. The Bertz CT molecular complexity index is 264. The molecule has 0 bridgehead atoms. The van der Waals surface area contributed by atoms with Crippen LogP contribution >= 0.6 is 0 Å². The van der Waals surface area contributed by atoms with Gasteiger partial charge < -0.3 is 10.4 Å². The van der Waals surface area contributed by atoms with E-state index >= 15 is 0 Å². The minimum absolute atomic E-state index is 0.119. The van der Waals surface area contributed by atoms with E-state index in [1.807, 2.05) is 6.08 Å². The molecule has 1 heterocycles. The largest absolute Gasteiger partial charge is 0.481 e. The van der Waals surface area contributed by atoms with E-state index in [4.69, 9.17) is 5.11 Å². The number of hydrogen-bond acceptors (Lipinski definition) is 3. The normalized spacial score (nSPS) is 25.2. The first-order valence-electron chi connectivity index (χ1n) is 5.77. The zero-order chi connectivity index (χ0) is 12.2. The van der Waals surface area contributed by atoms with Crippen LogP contribution in [0.4, 0.5) is 0 Å². The summed E-state index contributed by atoms with van der Waals surface area (Å²) in [6, 6.07) is 0.282. The van der Waals surface area contributed by atoms with Gasteiger partial charge in [0, 0.05) is 37.6 Å². The average molecular weight is 226 g/mol. The van der Waals surface area contributed by atoms with Crippen LogP contribution in [-0.2, 0) is 4.79 Å². The first-order valence-corrected chi connectivity index (χ1v) is 5.77. The Labute approximate surface area is 97.3 Å². The second-order valence-electron chi connectivity index (χ2n) is 5.02. The Balaban J connectivity index is 2.48. The van der Waals surface area contributed by atoms with Crippen LogP contribution in [0.1, 0.15) is 26.7 Å². The van der Waals surface area contributed by atoms with E-state index in [2.05, 4.69) is 30.6 Å². The molecular weight excluding hydrogens is 204 g/mol. The number of rotatable bonds is 5. The molecule has 1 unspecified atom stereocenters. The molecule has 4 heteroatoms. The van der Waals surface area contributed by atoms with Gasteiger partial charge in [-0.2, -0.15) is 0 Å². The Morgan fingerprint density at radius 3 is 2.94 bits per heavy atom. The molecular formula is C12H22N2O2. The summed E-state index contributed by atoms with van der Waals surface area (Å²) < 4.78 is 0. The molecule has 0 aromatic carbocycles. The summed E-state index contributed by atoms with van der Waals surface area (Å²) in [6.07, 6.45) is 2.83. The standard InChI is InChI=1S/C12H22N2O2/c1-4-7-14-8-10(5-6-11(15)16)13-9-12(14,2)3/h4,10,13H,1,5-9H2,2-3H3,(H,15,16). The third-order valence-corrected chi connectivity index (χ3v) is 3.18. The second-order valence-corrected chi connectivity index (χ2v) is 5.02. The molecule has 0 aromatic rings. The van der Waals surface area contributed by atoms with Crippen LogP contribution < -0.4 is 5.32 Å². The summed E-state index contributed by atoms with van der Waals surface area (Å²) >= 11 is 0. The van der Waals surface area contributed by atoms with Crippen molar-refractivity contribution in [3.63, 3.8) is 0 Å². The van der Waals surface area contributed by atoms with E-state index in [0.29, 0.717) is 6.42 Å². The fourth-order valence-electron chi connectivity index (χ4n) is 2.05. The van der Waals surface area contributed by atoms with E-state index in [9.17, 15) is 4.79 Å². The zero-order valence-electron chi connectivity index (χ0n) is 10.2. The molecule has 1 rings (SSSR count). The molecule has 0 amide bonds. The van der Waals surface area contributed by atoms with Gasteiger partial charge in [0.15, 0.2) is 0 Å². The van der Waals surface area contributed by atoms with Crippen molar-refractivity contribution in [3.05, 3.63) is 12.7 Å². The van der Waals surface area contributed by atoms with Crippen LogP contribution in [0.2, 0.25) is 0 Å². The van der Waals surface area contributed by atoms with Gasteiger partial charge in [0.25, 0.3) is 0 Å². The lowest BCUT2D eigenvalue weighted by molar-refractivity contribution is -0.137. The second kappa shape index (κ2) is 5.46. The summed E-state index contributed by atoms with van der Waals surface area (Å²) in [5.74, 6) is -0.720. The monoisotopic (exact) mass is 226 g/mol. The zero-order valence-corrected chi connectivity index (χ0v) is 10.2. The van der Waals surface area contributed by atoms with Gasteiger partial charge in [0.05, 0.1) is 0 Å². The van der Waals surface area contributed by atoms with Gasteiger partial charge in [-0.15, -0.1) is 6.58 Å². The molecule has 0 radical (unpaired) electrons. The highest BCUT2D eigenvalue weighted by Gasteiger charge is 2.32. The van der Waals surface area contributed by atoms with Gasteiger partial charge in [0.2, 0.25) is 0 Å². The molecule has 1 saturated heterocycles. The van der Waals surface area contributed by atoms with Crippen molar-refractivity contribution in [1.82, 2.24) is 10.2 Å².